The first-order chi connectivity index (χ1) is 6.90. The Hall–Kier alpha value is -0.540. The fraction of sp³-hybridized carbons (Fsp3) is 0.818. The molecule has 2 bridgehead atoms. The molecule has 0 aromatic rings. The van der Waals surface area contributed by atoms with Gasteiger partial charge in [0.1, 0.15) is 0 Å². The second-order valence-corrected chi connectivity index (χ2v) is 4.21. The predicted molar refractivity (Wildman–Crippen MR) is 56.6 cm³/mol. The van der Waals surface area contributed by atoms with Gasteiger partial charge in [-0.3, -0.25) is 10.3 Å². The number of hydrogen-bond acceptors (Lipinski definition) is 3. The Morgan fingerprint density at radius 1 is 1.43 bits per heavy atom. The van der Waals surface area contributed by atoms with Crippen LogP contribution in [0.1, 0.15) is 19.8 Å². The highest BCUT2D eigenvalue weighted by molar-refractivity contribution is 4.97. The molecule has 0 radical (unpaired) electrons. The maximum Gasteiger partial charge on any atom is 0.0717 e. The first kappa shape index (κ1) is 9.99. The Morgan fingerprint density at radius 3 is 2.79 bits per heavy atom. The van der Waals surface area contributed by atoms with Crippen molar-refractivity contribution in [1.82, 2.24) is 10.4 Å². The van der Waals surface area contributed by atoms with E-state index < -0.39 is 0 Å². The highest BCUT2D eigenvalue weighted by atomic mass is 16.6. The van der Waals surface area contributed by atoms with Crippen LogP contribution >= 0.6 is 0 Å². The number of nitrogens with zero attached hydrogens (tertiary/aromatic N) is 1. The Labute approximate surface area is 86.1 Å². The molecule has 3 nitrogen and oxygen atoms in total. The molecule has 0 saturated carbocycles. The lowest BCUT2D eigenvalue weighted by Crippen LogP contribution is -2.46. The van der Waals surface area contributed by atoms with E-state index in [2.05, 4.69) is 16.5 Å². The van der Waals surface area contributed by atoms with E-state index in [1.807, 2.05) is 13.1 Å². The van der Waals surface area contributed by atoms with Crippen molar-refractivity contribution in [2.75, 3.05) is 26.2 Å². The second kappa shape index (κ2) is 4.80. The molecule has 1 unspecified atom stereocenters. The van der Waals surface area contributed by atoms with Crippen molar-refractivity contribution in [1.29, 1.82) is 0 Å². The fourth-order valence-corrected chi connectivity index (χ4v) is 2.52. The summed E-state index contributed by atoms with van der Waals surface area (Å²) in [6.45, 7) is 6.57. The van der Waals surface area contributed by atoms with E-state index >= 15 is 0 Å². The zero-order chi connectivity index (χ0) is 9.80. The average molecular weight is 196 g/mol. The molecule has 0 aromatic heterocycles. The van der Waals surface area contributed by atoms with E-state index in [-0.39, 0.29) is 0 Å². The summed E-state index contributed by atoms with van der Waals surface area (Å²) in [5.41, 5.74) is 2.84. The molecule has 14 heavy (non-hydrogen) atoms. The van der Waals surface area contributed by atoms with Gasteiger partial charge in [0.05, 0.1) is 6.61 Å². The molecular formula is C11H20N2O. The monoisotopic (exact) mass is 196 g/mol. The molecule has 3 aliphatic rings. The minimum Gasteiger partial charge on any atom is -0.303 e. The van der Waals surface area contributed by atoms with Gasteiger partial charge in [0, 0.05) is 12.7 Å². The first-order valence-corrected chi connectivity index (χ1v) is 5.66. The summed E-state index contributed by atoms with van der Waals surface area (Å²) in [4.78, 5) is 7.62. The van der Waals surface area contributed by atoms with Crippen LogP contribution in [-0.4, -0.2) is 31.1 Å². The molecule has 3 saturated heterocycles. The Balaban J connectivity index is 1.78. The Kier molecular flexibility index (Phi) is 3.43. The van der Waals surface area contributed by atoms with Crippen LogP contribution in [0.15, 0.2) is 12.3 Å². The summed E-state index contributed by atoms with van der Waals surface area (Å²) in [6, 6.07) is 0. The quantitative estimate of drug-likeness (QED) is 0.543. The van der Waals surface area contributed by atoms with Crippen LogP contribution < -0.4 is 5.48 Å². The molecule has 0 aliphatic carbocycles. The van der Waals surface area contributed by atoms with Gasteiger partial charge in [0.25, 0.3) is 0 Å². The van der Waals surface area contributed by atoms with Crippen LogP contribution in [0.4, 0.5) is 0 Å². The minimum atomic E-state index is 0.713. The van der Waals surface area contributed by atoms with Gasteiger partial charge in [-0.25, -0.2) is 0 Å². The third-order valence-corrected chi connectivity index (χ3v) is 3.35. The van der Waals surface area contributed by atoms with Crippen molar-refractivity contribution in [2.24, 2.45) is 11.8 Å². The molecule has 1 atom stereocenters. The number of nitrogens with one attached hydrogen (secondary N) is 1. The number of hydrogen-bond donors (Lipinski definition) is 1. The average Bonchev–Trinajstić information content (AvgIpc) is 2.26. The van der Waals surface area contributed by atoms with Crippen LogP contribution in [0.2, 0.25) is 0 Å². The summed E-state index contributed by atoms with van der Waals surface area (Å²) < 4.78 is 0. The van der Waals surface area contributed by atoms with E-state index in [4.69, 9.17) is 4.84 Å². The summed E-state index contributed by atoms with van der Waals surface area (Å²) in [5, 5.41) is 0. The standard InChI is InChI=1S/C11H20N2O/c1-2-14-12-6-3-11-9-13-7-4-10(11)5-8-13/h3,6,10-12H,2,4-5,7-9H2,1H3. The van der Waals surface area contributed by atoms with Gasteiger partial charge < -0.3 is 4.90 Å². The van der Waals surface area contributed by atoms with Gasteiger partial charge in [0.15, 0.2) is 0 Å². The molecule has 0 aromatic carbocycles. The molecular weight excluding hydrogens is 176 g/mol. The van der Waals surface area contributed by atoms with Crippen LogP contribution in [0.5, 0.6) is 0 Å². The SMILES string of the molecule is CCONC=CC1CN2CCC1CC2. The zero-order valence-electron chi connectivity index (χ0n) is 8.91. The highest BCUT2D eigenvalue weighted by Gasteiger charge is 2.32. The van der Waals surface area contributed by atoms with Crippen molar-refractivity contribution in [3.63, 3.8) is 0 Å². The lowest BCUT2D eigenvalue weighted by Gasteiger charge is -2.43. The van der Waals surface area contributed by atoms with Crippen molar-refractivity contribution in [2.45, 2.75) is 19.8 Å². The van der Waals surface area contributed by atoms with Crippen LogP contribution in [0.25, 0.3) is 0 Å². The molecule has 0 amide bonds. The van der Waals surface area contributed by atoms with Gasteiger partial charge in [-0.1, -0.05) is 6.08 Å². The zero-order valence-corrected chi connectivity index (χ0v) is 8.91. The molecule has 1 N–H and O–H groups in total. The molecule has 3 heterocycles. The lowest BCUT2D eigenvalue weighted by molar-refractivity contribution is 0.0675. The smallest absolute Gasteiger partial charge is 0.0717 e. The van der Waals surface area contributed by atoms with Crippen molar-refractivity contribution < 1.29 is 4.84 Å². The van der Waals surface area contributed by atoms with Gasteiger partial charge >= 0.3 is 0 Å². The Bertz CT molecular complexity index is 197. The largest absolute Gasteiger partial charge is 0.303 e. The number of fused-ring (bicyclic) bond motifs is 3. The van der Waals surface area contributed by atoms with Crippen LogP contribution in [-0.2, 0) is 4.84 Å². The lowest BCUT2D eigenvalue weighted by atomic mass is 9.79. The first-order valence-electron chi connectivity index (χ1n) is 5.66. The van der Waals surface area contributed by atoms with E-state index in [1.54, 1.807) is 0 Å². The molecule has 80 valence electrons. The molecule has 3 fully saturated rings. The van der Waals surface area contributed by atoms with E-state index in [1.165, 1.54) is 32.5 Å². The van der Waals surface area contributed by atoms with Crippen molar-refractivity contribution >= 4 is 0 Å². The third kappa shape index (κ3) is 2.28. The normalized spacial score (nSPS) is 36.5. The minimum absolute atomic E-state index is 0.713. The summed E-state index contributed by atoms with van der Waals surface area (Å²) in [7, 11) is 0. The van der Waals surface area contributed by atoms with Crippen molar-refractivity contribution in [3.8, 4) is 0 Å². The number of hydroxylamine groups is 1. The van der Waals surface area contributed by atoms with E-state index in [9.17, 15) is 0 Å². The number of piperidine rings is 3. The maximum atomic E-state index is 5.05. The van der Waals surface area contributed by atoms with Gasteiger partial charge in [-0.2, -0.15) is 0 Å². The summed E-state index contributed by atoms with van der Waals surface area (Å²) >= 11 is 0. The summed E-state index contributed by atoms with van der Waals surface area (Å²) in [6.07, 6.45) is 6.98. The molecule has 3 aliphatic heterocycles. The molecule has 0 spiro atoms. The number of rotatable bonds is 4. The van der Waals surface area contributed by atoms with Gasteiger partial charge in [-0.15, -0.1) is 0 Å². The van der Waals surface area contributed by atoms with E-state index in [0.717, 1.165) is 11.8 Å². The molecule has 3 rings (SSSR count). The predicted octanol–water partition coefficient (Wildman–Crippen LogP) is 1.38. The van der Waals surface area contributed by atoms with Crippen molar-refractivity contribution in [3.05, 3.63) is 12.3 Å². The fourth-order valence-electron chi connectivity index (χ4n) is 2.52. The van der Waals surface area contributed by atoms with Crippen LogP contribution in [0, 0.1) is 11.8 Å². The summed E-state index contributed by atoms with van der Waals surface area (Å²) in [5.74, 6) is 1.66. The van der Waals surface area contributed by atoms with Gasteiger partial charge in [0.2, 0.25) is 0 Å². The molecule has 3 heteroatoms. The Morgan fingerprint density at radius 2 is 2.21 bits per heavy atom. The van der Waals surface area contributed by atoms with Crippen LogP contribution in [0.3, 0.4) is 0 Å². The third-order valence-electron chi connectivity index (χ3n) is 3.35. The maximum absolute atomic E-state index is 5.05. The highest BCUT2D eigenvalue weighted by Crippen LogP contribution is 2.32. The van der Waals surface area contributed by atoms with E-state index in [0.29, 0.717) is 6.61 Å². The van der Waals surface area contributed by atoms with Gasteiger partial charge in [-0.05, 0) is 44.7 Å². The topological polar surface area (TPSA) is 24.5 Å². The second-order valence-electron chi connectivity index (χ2n) is 4.21.